The molecule has 0 radical (unpaired) electrons. The molecular formula is C9H12N2. The zero-order valence-electron chi connectivity index (χ0n) is 6.67. The fraction of sp³-hybridized carbons (Fsp3) is 0.222. The van der Waals surface area contributed by atoms with Gasteiger partial charge in [0.05, 0.1) is 5.69 Å². The van der Waals surface area contributed by atoms with Gasteiger partial charge in [-0.2, -0.15) is 0 Å². The Bertz CT molecular complexity index is 266. The van der Waals surface area contributed by atoms with Crippen LogP contribution in [0.3, 0.4) is 0 Å². The SMILES string of the molecule is C=Cc1cc(N)c(CC)cn1. The summed E-state index contributed by atoms with van der Waals surface area (Å²) in [4.78, 5) is 4.13. The minimum absolute atomic E-state index is 0.803. The topological polar surface area (TPSA) is 38.9 Å². The zero-order chi connectivity index (χ0) is 8.27. The Hall–Kier alpha value is -1.31. The van der Waals surface area contributed by atoms with Crippen molar-refractivity contribution in [3.63, 3.8) is 0 Å². The fourth-order valence-corrected chi connectivity index (χ4v) is 0.923. The number of aromatic nitrogens is 1. The van der Waals surface area contributed by atoms with E-state index in [0.717, 1.165) is 23.4 Å². The summed E-state index contributed by atoms with van der Waals surface area (Å²) in [6, 6.07) is 1.84. The van der Waals surface area contributed by atoms with Crippen molar-refractivity contribution < 1.29 is 0 Å². The van der Waals surface area contributed by atoms with E-state index in [9.17, 15) is 0 Å². The van der Waals surface area contributed by atoms with Crippen molar-refractivity contribution in [3.05, 3.63) is 30.1 Å². The average Bonchev–Trinajstić information content (AvgIpc) is 2.04. The lowest BCUT2D eigenvalue weighted by molar-refractivity contribution is 1.10. The normalized spacial score (nSPS) is 9.55. The van der Waals surface area contributed by atoms with Crippen molar-refractivity contribution in [1.82, 2.24) is 4.98 Å². The Balaban J connectivity index is 3.09. The molecular weight excluding hydrogens is 136 g/mol. The molecule has 0 spiro atoms. The van der Waals surface area contributed by atoms with E-state index in [1.165, 1.54) is 0 Å². The highest BCUT2D eigenvalue weighted by atomic mass is 14.7. The van der Waals surface area contributed by atoms with E-state index in [1.807, 2.05) is 6.07 Å². The van der Waals surface area contributed by atoms with Crippen LogP contribution in [0, 0.1) is 0 Å². The smallest absolute Gasteiger partial charge is 0.0644 e. The van der Waals surface area contributed by atoms with E-state index in [1.54, 1.807) is 12.3 Å². The first-order valence-corrected chi connectivity index (χ1v) is 3.64. The van der Waals surface area contributed by atoms with E-state index in [2.05, 4.69) is 18.5 Å². The highest BCUT2D eigenvalue weighted by Crippen LogP contribution is 2.12. The molecule has 2 heteroatoms. The molecule has 0 aromatic carbocycles. The molecule has 0 fully saturated rings. The van der Waals surface area contributed by atoms with Crippen molar-refractivity contribution in [2.75, 3.05) is 5.73 Å². The second-order valence-corrected chi connectivity index (χ2v) is 2.37. The van der Waals surface area contributed by atoms with Crippen LogP contribution in [0.4, 0.5) is 5.69 Å². The van der Waals surface area contributed by atoms with E-state index in [-0.39, 0.29) is 0 Å². The zero-order valence-corrected chi connectivity index (χ0v) is 6.67. The Morgan fingerprint density at radius 2 is 2.45 bits per heavy atom. The van der Waals surface area contributed by atoms with Gasteiger partial charge in [-0.3, -0.25) is 4.98 Å². The number of nitrogen functional groups attached to an aromatic ring is 1. The minimum Gasteiger partial charge on any atom is -0.398 e. The van der Waals surface area contributed by atoms with Crippen molar-refractivity contribution in [1.29, 1.82) is 0 Å². The molecule has 2 nitrogen and oxygen atoms in total. The van der Waals surface area contributed by atoms with Crippen molar-refractivity contribution >= 4 is 11.8 Å². The molecule has 0 saturated heterocycles. The van der Waals surface area contributed by atoms with E-state index in [4.69, 9.17) is 5.73 Å². The molecule has 58 valence electrons. The molecule has 0 bridgehead atoms. The molecule has 0 aliphatic heterocycles. The van der Waals surface area contributed by atoms with Gasteiger partial charge in [0.15, 0.2) is 0 Å². The maximum Gasteiger partial charge on any atom is 0.0644 e. The van der Waals surface area contributed by atoms with Gasteiger partial charge < -0.3 is 5.73 Å². The highest BCUT2D eigenvalue weighted by molar-refractivity contribution is 5.53. The number of hydrogen-bond donors (Lipinski definition) is 1. The minimum atomic E-state index is 0.803. The molecule has 2 N–H and O–H groups in total. The lowest BCUT2D eigenvalue weighted by Gasteiger charge is -2.01. The highest BCUT2D eigenvalue weighted by Gasteiger charge is 1.96. The van der Waals surface area contributed by atoms with Crippen LogP contribution in [0.5, 0.6) is 0 Å². The Kier molecular flexibility index (Phi) is 2.26. The second-order valence-electron chi connectivity index (χ2n) is 2.37. The lowest BCUT2D eigenvalue weighted by Crippen LogP contribution is -1.95. The van der Waals surface area contributed by atoms with Gasteiger partial charge in [-0.1, -0.05) is 13.5 Å². The van der Waals surface area contributed by atoms with Crippen molar-refractivity contribution in [3.8, 4) is 0 Å². The number of rotatable bonds is 2. The molecule has 1 heterocycles. The molecule has 0 atom stereocenters. The van der Waals surface area contributed by atoms with Crippen LogP contribution in [0.25, 0.3) is 6.08 Å². The summed E-state index contributed by atoms with van der Waals surface area (Å²) in [6.07, 6.45) is 4.42. The summed E-state index contributed by atoms with van der Waals surface area (Å²) >= 11 is 0. The first kappa shape index (κ1) is 7.79. The fourth-order valence-electron chi connectivity index (χ4n) is 0.923. The van der Waals surface area contributed by atoms with Gasteiger partial charge in [0.2, 0.25) is 0 Å². The van der Waals surface area contributed by atoms with E-state index in [0.29, 0.717) is 0 Å². The van der Waals surface area contributed by atoms with Crippen LogP contribution < -0.4 is 5.73 Å². The summed E-state index contributed by atoms with van der Waals surface area (Å²) in [5.41, 5.74) is 8.45. The molecule has 11 heavy (non-hydrogen) atoms. The van der Waals surface area contributed by atoms with Gasteiger partial charge in [-0.15, -0.1) is 0 Å². The number of hydrogen-bond acceptors (Lipinski definition) is 2. The Morgan fingerprint density at radius 3 is 2.91 bits per heavy atom. The largest absolute Gasteiger partial charge is 0.398 e. The number of anilines is 1. The third-order valence-electron chi connectivity index (χ3n) is 1.63. The number of nitrogens with two attached hydrogens (primary N) is 1. The van der Waals surface area contributed by atoms with Crippen LogP contribution in [0.1, 0.15) is 18.2 Å². The average molecular weight is 148 g/mol. The molecule has 1 aromatic heterocycles. The van der Waals surface area contributed by atoms with Crippen molar-refractivity contribution in [2.45, 2.75) is 13.3 Å². The summed E-state index contributed by atoms with van der Waals surface area (Å²) in [5.74, 6) is 0. The van der Waals surface area contributed by atoms with E-state index >= 15 is 0 Å². The summed E-state index contributed by atoms with van der Waals surface area (Å²) in [7, 11) is 0. The summed E-state index contributed by atoms with van der Waals surface area (Å²) in [5, 5.41) is 0. The predicted octanol–water partition coefficient (Wildman–Crippen LogP) is 1.87. The van der Waals surface area contributed by atoms with Gasteiger partial charge in [0.1, 0.15) is 0 Å². The number of aryl methyl sites for hydroxylation is 1. The van der Waals surface area contributed by atoms with Crippen molar-refractivity contribution in [2.24, 2.45) is 0 Å². The predicted molar refractivity (Wildman–Crippen MR) is 48.1 cm³/mol. The monoisotopic (exact) mass is 148 g/mol. The second kappa shape index (κ2) is 3.19. The summed E-state index contributed by atoms with van der Waals surface area (Å²) < 4.78 is 0. The molecule has 0 saturated carbocycles. The van der Waals surface area contributed by atoms with Crippen LogP contribution >= 0.6 is 0 Å². The summed E-state index contributed by atoms with van der Waals surface area (Å²) in [6.45, 7) is 5.67. The van der Waals surface area contributed by atoms with Gasteiger partial charge >= 0.3 is 0 Å². The molecule has 0 aliphatic rings. The van der Waals surface area contributed by atoms with Gasteiger partial charge in [0, 0.05) is 11.9 Å². The third kappa shape index (κ3) is 1.58. The van der Waals surface area contributed by atoms with Crippen LogP contribution in [0.2, 0.25) is 0 Å². The molecule has 1 aromatic rings. The number of pyridine rings is 1. The molecule has 0 amide bonds. The number of nitrogens with zero attached hydrogens (tertiary/aromatic N) is 1. The first-order valence-electron chi connectivity index (χ1n) is 3.64. The molecule has 0 aliphatic carbocycles. The Labute approximate surface area is 66.8 Å². The van der Waals surface area contributed by atoms with Crippen LogP contribution in [-0.4, -0.2) is 4.98 Å². The standard InChI is InChI=1S/C9H12N2/c1-3-7-6-11-8(4-2)5-9(7)10/h4-6H,2-3H2,1H3,(H2,10,11). The quantitative estimate of drug-likeness (QED) is 0.695. The van der Waals surface area contributed by atoms with Crippen LogP contribution in [0.15, 0.2) is 18.8 Å². The van der Waals surface area contributed by atoms with E-state index < -0.39 is 0 Å². The van der Waals surface area contributed by atoms with Gasteiger partial charge in [-0.05, 0) is 24.1 Å². The van der Waals surface area contributed by atoms with Crippen LogP contribution in [-0.2, 0) is 6.42 Å². The third-order valence-corrected chi connectivity index (χ3v) is 1.63. The lowest BCUT2D eigenvalue weighted by atomic mass is 10.2. The maximum atomic E-state index is 5.72. The maximum absolute atomic E-state index is 5.72. The molecule has 0 unspecified atom stereocenters. The van der Waals surface area contributed by atoms with Gasteiger partial charge in [-0.25, -0.2) is 0 Å². The first-order chi connectivity index (χ1) is 5.27. The molecule has 1 rings (SSSR count). The Morgan fingerprint density at radius 1 is 1.73 bits per heavy atom. The van der Waals surface area contributed by atoms with Gasteiger partial charge in [0.25, 0.3) is 0 Å².